The number of carbonyl (C=O) groups is 1. The van der Waals surface area contributed by atoms with Crippen molar-refractivity contribution in [2.24, 2.45) is 5.92 Å². The van der Waals surface area contributed by atoms with E-state index in [1.54, 1.807) is 0 Å². The molecule has 0 aromatic heterocycles. The van der Waals surface area contributed by atoms with Gasteiger partial charge in [-0.25, -0.2) is 0 Å². The predicted molar refractivity (Wildman–Crippen MR) is 72.9 cm³/mol. The van der Waals surface area contributed by atoms with Crippen LogP contribution in [0.5, 0.6) is 0 Å². The number of amides is 1. The number of morpholine rings is 1. The van der Waals surface area contributed by atoms with Crippen molar-refractivity contribution < 1.29 is 9.53 Å². The monoisotopic (exact) mass is 267 g/mol. The Labute approximate surface area is 115 Å². The third-order valence-corrected chi connectivity index (χ3v) is 4.63. The number of nitrogens with one attached hydrogen (secondary N) is 1. The summed E-state index contributed by atoms with van der Waals surface area (Å²) < 4.78 is 5.49. The molecule has 0 aromatic carbocycles. The summed E-state index contributed by atoms with van der Waals surface area (Å²) in [6.45, 7) is 8.07. The molecule has 1 amide bonds. The molecule has 19 heavy (non-hydrogen) atoms. The van der Waals surface area contributed by atoms with E-state index in [0.717, 1.165) is 38.6 Å². The van der Waals surface area contributed by atoms with Crippen LogP contribution < -0.4 is 5.32 Å². The van der Waals surface area contributed by atoms with Crippen molar-refractivity contribution in [3.8, 4) is 0 Å². The maximum Gasteiger partial charge on any atom is 0.236 e. The first-order chi connectivity index (χ1) is 9.22. The fourth-order valence-electron chi connectivity index (χ4n) is 3.60. The second-order valence-electron chi connectivity index (χ2n) is 6.18. The Hall–Kier alpha value is -0.650. The molecule has 3 heterocycles. The molecule has 3 aliphatic heterocycles. The average molecular weight is 267 g/mol. The van der Waals surface area contributed by atoms with E-state index in [9.17, 15) is 4.79 Å². The molecule has 0 aliphatic carbocycles. The highest BCUT2D eigenvalue weighted by atomic mass is 16.5. The smallest absolute Gasteiger partial charge is 0.236 e. The molecule has 5 heteroatoms. The van der Waals surface area contributed by atoms with Crippen LogP contribution in [0.4, 0.5) is 0 Å². The molecule has 0 radical (unpaired) electrons. The number of likely N-dealkylation sites (tertiary alicyclic amines) is 1. The Morgan fingerprint density at radius 3 is 3.05 bits per heavy atom. The quantitative estimate of drug-likeness (QED) is 0.760. The number of nitrogens with zero attached hydrogens (tertiary/aromatic N) is 2. The molecule has 3 atom stereocenters. The lowest BCUT2D eigenvalue weighted by Gasteiger charge is -2.32. The van der Waals surface area contributed by atoms with Crippen LogP contribution in [0.1, 0.15) is 19.8 Å². The number of fused-ring (bicyclic) bond motifs is 1. The maximum atomic E-state index is 12.3. The molecule has 0 spiro atoms. The zero-order valence-corrected chi connectivity index (χ0v) is 11.8. The van der Waals surface area contributed by atoms with Gasteiger partial charge in [-0.15, -0.1) is 0 Å². The third-order valence-electron chi connectivity index (χ3n) is 4.63. The van der Waals surface area contributed by atoms with Crippen molar-refractivity contribution in [2.45, 2.75) is 31.9 Å². The van der Waals surface area contributed by atoms with Gasteiger partial charge in [0.1, 0.15) is 0 Å². The highest BCUT2D eigenvalue weighted by Crippen LogP contribution is 2.24. The minimum absolute atomic E-state index is 0.181. The lowest BCUT2D eigenvalue weighted by molar-refractivity contribution is -0.139. The fourth-order valence-corrected chi connectivity index (χ4v) is 3.60. The minimum atomic E-state index is 0.181. The number of carbonyl (C=O) groups excluding carboxylic acids is 1. The Kier molecular flexibility index (Phi) is 4.05. The van der Waals surface area contributed by atoms with Gasteiger partial charge in [-0.1, -0.05) is 0 Å². The van der Waals surface area contributed by atoms with Crippen LogP contribution >= 0.6 is 0 Å². The summed E-state index contributed by atoms with van der Waals surface area (Å²) in [6, 6.07) is 0.616. The number of hydrogen-bond donors (Lipinski definition) is 1. The van der Waals surface area contributed by atoms with E-state index in [2.05, 4.69) is 10.2 Å². The van der Waals surface area contributed by atoms with Crippen LogP contribution in [-0.4, -0.2) is 73.7 Å². The van der Waals surface area contributed by atoms with Gasteiger partial charge < -0.3 is 15.0 Å². The first kappa shape index (κ1) is 13.3. The van der Waals surface area contributed by atoms with Crippen LogP contribution in [0, 0.1) is 5.92 Å². The van der Waals surface area contributed by atoms with Crippen molar-refractivity contribution in [1.29, 1.82) is 0 Å². The molecular formula is C14H25N3O2. The van der Waals surface area contributed by atoms with Gasteiger partial charge >= 0.3 is 0 Å². The SMILES string of the molecule is CC1CN(C(=O)CN2CC3CCCNC3C2)CCO1. The van der Waals surface area contributed by atoms with Crippen molar-refractivity contribution in [3.63, 3.8) is 0 Å². The molecule has 5 nitrogen and oxygen atoms in total. The molecule has 3 rings (SSSR count). The first-order valence-electron chi connectivity index (χ1n) is 7.57. The van der Waals surface area contributed by atoms with Gasteiger partial charge in [-0.2, -0.15) is 0 Å². The molecule has 3 fully saturated rings. The van der Waals surface area contributed by atoms with Crippen LogP contribution in [0.25, 0.3) is 0 Å². The van der Waals surface area contributed by atoms with Crippen LogP contribution in [-0.2, 0) is 9.53 Å². The summed E-state index contributed by atoms with van der Waals surface area (Å²) >= 11 is 0. The Bertz CT molecular complexity index is 323. The molecule has 1 N–H and O–H groups in total. The van der Waals surface area contributed by atoms with Crippen molar-refractivity contribution in [2.75, 3.05) is 45.9 Å². The topological polar surface area (TPSA) is 44.8 Å². The van der Waals surface area contributed by atoms with E-state index in [0.29, 0.717) is 19.2 Å². The Balaban J connectivity index is 1.50. The lowest BCUT2D eigenvalue weighted by Crippen LogP contribution is -2.48. The predicted octanol–water partition coefficient (Wildman–Crippen LogP) is -0.0825. The lowest BCUT2D eigenvalue weighted by atomic mass is 9.94. The average Bonchev–Trinajstić information content (AvgIpc) is 2.80. The van der Waals surface area contributed by atoms with Crippen LogP contribution in [0.2, 0.25) is 0 Å². The molecule has 108 valence electrons. The zero-order valence-electron chi connectivity index (χ0n) is 11.8. The van der Waals surface area contributed by atoms with Crippen LogP contribution in [0.15, 0.2) is 0 Å². The second-order valence-corrected chi connectivity index (χ2v) is 6.18. The Morgan fingerprint density at radius 1 is 1.37 bits per heavy atom. The minimum Gasteiger partial charge on any atom is -0.375 e. The number of rotatable bonds is 2. The van der Waals surface area contributed by atoms with E-state index in [-0.39, 0.29) is 12.0 Å². The van der Waals surface area contributed by atoms with E-state index < -0.39 is 0 Å². The molecule has 0 aromatic rings. The van der Waals surface area contributed by atoms with Gasteiger partial charge in [-0.05, 0) is 32.2 Å². The summed E-state index contributed by atoms with van der Waals surface area (Å²) in [7, 11) is 0. The van der Waals surface area contributed by atoms with Gasteiger partial charge in [-0.3, -0.25) is 9.69 Å². The molecule has 3 saturated heterocycles. The maximum absolute atomic E-state index is 12.3. The summed E-state index contributed by atoms with van der Waals surface area (Å²) in [5.74, 6) is 1.03. The van der Waals surface area contributed by atoms with Crippen molar-refractivity contribution >= 4 is 5.91 Å². The highest BCUT2D eigenvalue weighted by Gasteiger charge is 2.35. The summed E-state index contributed by atoms with van der Waals surface area (Å²) in [5.41, 5.74) is 0. The Morgan fingerprint density at radius 2 is 2.26 bits per heavy atom. The van der Waals surface area contributed by atoms with E-state index in [4.69, 9.17) is 4.74 Å². The summed E-state index contributed by atoms with van der Waals surface area (Å²) in [4.78, 5) is 16.6. The molecule has 0 bridgehead atoms. The molecule has 3 aliphatic rings. The number of ether oxygens (including phenoxy) is 1. The van der Waals surface area contributed by atoms with Gasteiger partial charge in [0.2, 0.25) is 5.91 Å². The van der Waals surface area contributed by atoms with Crippen molar-refractivity contribution in [1.82, 2.24) is 15.1 Å². The summed E-state index contributed by atoms with van der Waals surface area (Å²) in [6.07, 6.45) is 2.78. The van der Waals surface area contributed by atoms with Crippen molar-refractivity contribution in [3.05, 3.63) is 0 Å². The molecule has 3 unspecified atom stereocenters. The van der Waals surface area contributed by atoms with Gasteiger partial charge in [0, 0.05) is 32.2 Å². The molecule has 0 saturated carbocycles. The standard InChI is InChI=1S/C14H25N3O2/c1-11-7-17(5-6-19-11)14(18)10-16-8-12-3-2-4-15-13(12)9-16/h11-13,15H,2-10H2,1H3. The van der Waals surface area contributed by atoms with Gasteiger partial charge in [0.15, 0.2) is 0 Å². The fraction of sp³-hybridized carbons (Fsp3) is 0.929. The largest absolute Gasteiger partial charge is 0.375 e. The molecular weight excluding hydrogens is 242 g/mol. The van der Waals surface area contributed by atoms with Gasteiger partial charge in [0.05, 0.1) is 19.3 Å². The van der Waals surface area contributed by atoms with Crippen LogP contribution in [0.3, 0.4) is 0 Å². The van der Waals surface area contributed by atoms with E-state index in [1.807, 2.05) is 11.8 Å². The third kappa shape index (κ3) is 3.09. The zero-order chi connectivity index (χ0) is 13.2. The summed E-state index contributed by atoms with van der Waals surface area (Å²) in [5, 5.41) is 3.58. The van der Waals surface area contributed by atoms with E-state index >= 15 is 0 Å². The van der Waals surface area contributed by atoms with E-state index in [1.165, 1.54) is 12.8 Å². The number of piperidine rings is 1. The second kappa shape index (κ2) is 5.77. The first-order valence-corrected chi connectivity index (χ1v) is 7.57. The normalized spacial score (nSPS) is 36.3. The van der Waals surface area contributed by atoms with Gasteiger partial charge in [0.25, 0.3) is 0 Å². The number of hydrogen-bond acceptors (Lipinski definition) is 4. The highest BCUT2D eigenvalue weighted by molar-refractivity contribution is 5.78.